The van der Waals surface area contributed by atoms with Crippen LogP contribution in [0.3, 0.4) is 0 Å². The summed E-state index contributed by atoms with van der Waals surface area (Å²) >= 11 is 3.06. The number of nitrogens with one attached hydrogen (secondary N) is 1. The van der Waals surface area contributed by atoms with E-state index in [-0.39, 0.29) is 15.9 Å². The van der Waals surface area contributed by atoms with Gasteiger partial charge in [-0.25, -0.2) is 9.18 Å². The highest BCUT2D eigenvalue weighted by Crippen LogP contribution is 2.33. The number of carboxylic acid groups (broad SMARTS) is 1. The molecule has 0 spiro atoms. The third-order valence-electron chi connectivity index (χ3n) is 2.33. The van der Waals surface area contributed by atoms with Crippen molar-refractivity contribution in [2.24, 2.45) is 0 Å². The van der Waals surface area contributed by atoms with Crippen LogP contribution in [0, 0.1) is 5.82 Å². The highest BCUT2D eigenvalue weighted by atomic mass is 79.9. The summed E-state index contributed by atoms with van der Waals surface area (Å²) in [6.45, 7) is 0. The molecule has 1 aromatic carbocycles. The zero-order valence-corrected chi connectivity index (χ0v) is 10.8. The van der Waals surface area contributed by atoms with Gasteiger partial charge in [-0.3, -0.25) is 5.10 Å². The summed E-state index contributed by atoms with van der Waals surface area (Å²) in [5.41, 5.74) is 0.812. The SMILES string of the molecule is COc1cc(F)c(Br)cc1-c1cc(C(=O)O)[nH]n1. The van der Waals surface area contributed by atoms with Gasteiger partial charge in [-0.05, 0) is 28.1 Å². The lowest BCUT2D eigenvalue weighted by Crippen LogP contribution is -1.95. The number of halogens is 2. The molecule has 18 heavy (non-hydrogen) atoms. The van der Waals surface area contributed by atoms with E-state index in [0.717, 1.165) is 0 Å². The Balaban J connectivity index is 2.55. The minimum Gasteiger partial charge on any atom is -0.496 e. The van der Waals surface area contributed by atoms with E-state index in [1.165, 1.54) is 25.3 Å². The van der Waals surface area contributed by atoms with Gasteiger partial charge in [-0.1, -0.05) is 0 Å². The Kier molecular flexibility index (Phi) is 3.33. The van der Waals surface area contributed by atoms with Crippen LogP contribution in [0.4, 0.5) is 4.39 Å². The second-order valence-electron chi connectivity index (χ2n) is 3.44. The molecule has 1 heterocycles. The molecule has 1 aromatic heterocycles. The molecule has 0 amide bonds. The van der Waals surface area contributed by atoms with Gasteiger partial charge in [0.2, 0.25) is 0 Å². The first-order chi connectivity index (χ1) is 8.52. The number of ether oxygens (including phenoxy) is 1. The average Bonchev–Trinajstić information content (AvgIpc) is 2.81. The molecule has 0 fully saturated rings. The van der Waals surface area contributed by atoms with Gasteiger partial charge >= 0.3 is 5.97 Å². The molecule has 0 aliphatic rings. The van der Waals surface area contributed by atoms with E-state index >= 15 is 0 Å². The molecule has 0 saturated heterocycles. The monoisotopic (exact) mass is 314 g/mol. The van der Waals surface area contributed by atoms with Crippen LogP contribution in [-0.4, -0.2) is 28.4 Å². The van der Waals surface area contributed by atoms with Crippen LogP contribution in [0.5, 0.6) is 5.75 Å². The number of benzene rings is 1. The van der Waals surface area contributed by atoms with Crippen molar-refractivity contribution in [1.29, 1.82) is 0 Å². The van der Waals surface area contributed by atoms with Crippen LogP contribution in [0.2, 0.25) is 0 Å². The Morgan fingerprint density at radius 1 is 1.50 bits per heavy atom. The fourth-order valence-electron chi connectivity index (χ4n) is 1.47. The fourth-order valence-corrected chi connectivity index (χ4v) is 1.81. The summed E-state index contributed by atoms with van der Waals surface area (Å²) in [4.78, 5) is 10.7. The van der Waals surface area contributed by atoms with Crippen LogP contribution in [-0.2, 0) is 0 Å². The average molecular weight is 315 g/mol. The van der Waals surface area contributed by atoms with E-state index in [2.05, 4.69) is 26.1 Å². The lowest BCUT2D eigenvalue weighted by atomic mass is 10.1. The quantitative estimate of drug-likeness (QED) is 0.913. The molecular formula is C11H8BrFN2O3. The van der Waals surface area contributed by atoms with Gasteiger partial charge in [0.05, 0.1) is 17.3 Å². The molecule has 0 unspecified atom stereocenters. The molecule has 7 heteroatoms. The number of aromatic nitrogens is 2. The summed E-state index contributed by atoms with van der Waals surface area (Å²) in [7, 11) is 1.40. The van der Waals surface area contributed by atoms with Crippen molar-refractivity contribution in [2.45, 2.75) is 0 Å². The van der Waals surface area contributed by atoms with E-state index in [4.69, 9.17) is 9.84 Å². The highest BCUT2D eigenvalue weighted by molar-refractivity contribution is 9.10. The number of carbonyl (C=O) groups is 1. The number of aromatic amines is 1. The number of nitrogens with zero attached hydrogens (tertiary/aromatic N) is 1. The lowest BCUT2D eigenvalue weighted by Gasteiger charge is -2.07. The van der Waals surface area contributed by atoms with Gasteiger partial charge in [-0.15, -0.1) is 0 Å². The van der Waals surface area contributed by atoms with Crippen molar-refractivity contribution in [3.63, 3.8) is 0 Å². The summed E-state index contributed by atoms with van der Waals surface area (Å²) in [6, 6.07) is 4.04. The molecule has 0 aliphatic carbocycles. The molecular weight excluding hydrogens is 307 g/mol. The molecule has 0 saturated carbocycles. The molecule has 0 radical (unpaired) electrons. The third-order valence-corrected chi connectivity index (χ3v) is 2.93. The maximum atomic E-state index is 13.3. The summed E-state index contributed by atoms with van der Waals surface area (Å²) in [5.74, 6) is -1.31. The van der Waals surface area contributed by atoms with Crippen molar-refractivity contribution in [3.8, 4) is 17.0 Å². The van der Waals surface area contributed by atoms with Crippen LogP contribution in [0.15, 0.2) is 22.7 Å². The van der Waals surface area contributed by atoms with Gasteiger partial charge in [0, 0.05) is 11.6 Å². The number of hydrogen-bond donors (Lipinski definition) is 2. The predicted molar refractivity (Wildman–Crippen MR) is 65.2 cm³/mol. The highest BCUT2D eigenvalue weighted by Gasteiger charge is 2.15. The summed E-state index contributed by atoms with van der Waals surface area (Å²) in [6.07, 6.45) is 0. The van der Waals surface area contributed by atoms with E-state index < -0.39 is 11.8 Å². The van der Waals surface area contributed by atoms with Crippen molar-refractivity contribution in [3.05, 3.63) is 34.2 Å². The number of methoxy groups -OCH3 is 1. The molecule has 5 nitrogen and oxygen atoms in total. The molecule has 2 N–H and O–H groups in total. The second kappa shape index (κ2) is 4.77. The molecule has 94 valence electrons. The maximum absolute atomic E-state index is 13.3. The van der Waals surface area contributed by atoms with Crippen LogP contribution < -0.4 is 4.74 Å². The van der Waals surface area contributed by atoms with Crippen molar-refractivity contribution in [2.75, 3.05) is 7.11 Å². The number of aromatic carboxylic acids is 1. The van der Waals surface area contributed by atoms with Gasteiger partial charge in [0.25, 0.3) is 0 Å². The normalized spacial score (nSPS) is 10.4. The molecule has 2 aromatic rings. The largest absolute Gasteiger partial charge is 0.496 e. The van der Waals surface area contributed by atoms with Crippen LogP contribution >= 0.6 is 15.9 Å². The predicted octanol–water partition coefficient (Wildman–Crippen LogP) is 2.69. The van der Waals surface area contributed by atoms with E-state index in [1.54, 1.807) is 0 Å². The molecule has 0 bridgehead atoms. The van der Waals surface area contributed by atoms with E-state index in [0.29, 0.717) is 11.3 Å². The van der Waals surface area contributed by atoms with E-state index in [9.17, 15) is 9.18 Å². The van der Waals surface area contributed by atoms with Crippen molar-refractivity contribution >= 4 is 21.9 Å². The Morgan fingerprint density at radius 3 is 2.78 bits per heavy atom. The first-order valence-corrected chi connectivity index (χ1v) is 5.64. The Labute approximate surface area is 110 Å². The first-order valence-electron chi connectivity index (χ1n) is 4.85. The van der Waals surface area contributed by atoms with Crippen LogP contribution in [0.25, 0.3) is 11.3 Å². The van der Waals surface area contributed by atoms with Crippen molar-refractivity contribution in [1.82, 2.24) is 10.2 Å². The summed E-state index contributed by atoms with van der Waals surface area (Å²) < 4.78 is 18.6. The minimum atomic E-state index is -1.12. The minimum absolute atomic E-state index is 0.0486. The lowest BCUT2D eigenvalue weighted by molar-refractivity contribution is 0.0690. The van der Waals surface area contributed by atoms with Gasteiger partial charge < -0.3 is 9.84 Å². The van der Waals surface area contributed by atoms with Gasteiger partial charge in [0.1, 0.15) is 17.3 Å². The zero-order valence-electron chi connectivity index (χ0n) is 9.20. The second-order valence-corrected chi connectivity index (χ2v) is 4.29. The van der Waals surface area contributed by atoms with Crippen molar-refractivity contribution < 1.29 is 19.0 Å². The number of rotatable bonds is 3. The summed E-state index contributed by atoms with van der Waals surface area (Å²) in [5, 5.41) is 15.0. The number of H-pyrrole nitrogens is 1. The Hall–Kier alpha value is -1.89. The molecule has 2 rings (SSSR count). The van der Waals surface area contributed by atoms with Gasteiger partial charge in [-0.2, -0.15) is 5.10 Å². The topological polar surface area (TPSA) is 75.2 Å². The Bertz CT molecular complexity index is 612. The standard InChI is InChI=1S/C11H8BrFN2O3/c1-18-10-3-7(13)6(12)2-5(10)8-4-9(11(16)17)15-14-8/h2-4H,1H3,(H,14,15)(H,16,17). The van der Waals surface area contributed by atoms with E-state index in [1.807, 2.05) is 0 Å². The third kappa shape index (κ3) is 2.21. The number of hydrogen-bond acceptors (Lipinski definition) is 3. The zero-order chi connectivity index (χ0) is 13.3. The van der Waals surface area contributed by atoms with Crippen LogP contribution in [0.1, 0.15) is 10.5 Å². The molecule has 0 atom stereocenters. The molecule has 0 aliphatic heterocycles. The number of carboxylic acids is 1. The fraction of sp³-hybridized carbons (Fsp3) is 0.0909. The smallest absolute Gasteiger partial charge is 0.353 e. The first kappa shape index (κ1) is 12.6. The Morgan fingerprint density at radius 2 is 2.22 bits per heavy atom. The maximum Gasteiger partial charge on any atom is 0.353 e. The van der Waals surface area contributed by atoms with Gasteiger partial charge in [0.15, 0.2) is 0 Å².